The Morgan fingerprint density at radius 2 is 2.08 bits per heavy atom. The van der Waals surface area contributed by atoms with Gasteiger partial charge in [-0.2, -0.15) is 5.10 Å². The molecular weight excluding hydrogens is 350 g/mol. The number of hydrogen-bond acceptors (Lipinski definition) is 5. The van der Waals surface area contributed by atoms with Crippen molar-refractivity contribution in [2.75, 3.05) is 18.4 Å². The third kappa shape index (κ3) is 3.80. The Hall–Kier alpha value is -2.22. The molecule has 1 aliphatic heterocycles. The molecular formula is C18H23N5O2S. The number of aromatic nitrogens is 3. The third-order valence-electron chi connectivity index (χ3n) is 5.25. The fourth-order valence-corrected chi connectivity index (χ4v) is 4.27. The SMILES string of the molecule is O=C(Nc1nccs1)N1CCC(Cn2nc3c(cc2=O)CCCC3)CC1. The molecule has 4 rings (SSSR count). The number of anilines is 1. The van der Waals surface area contributed by atoms with Crippen molar-refractivity contribution >= 4 is 22.5 Å². The van der Waals surface area contributed by atoms with Gasteiger partial charge in [-0.3, -0.25) is 10.1 Å². The highest BCUT2D eigenvalue weighted by atomic mass is 32.1. The summed E-state index contributed by atoms with van der Waals surface area (Å²) >= 11 is 1.41. The van der Waals surface area contributed by atoms with Gasteiger partial charge in [0.25, 0.3) is 5.56 Å². The third-order valence-corrected chi connectivity index (χ3v) is 5.94. The van der Waals surface area contributed by atoms with Gasteiger partial charge >= 0.3 is 6.03 Å². The van der Waals surface area contributed by atoms with Gasteiger partial charge in [0.1, 0.15) is 0 Å². The lowest BCUT2D eigenvalue weighted by atomic mass is 9.96. The molecule has 2 aromatic heterocycles. The van der Waals surface area contributed by atoms with Crippen molar-refractivity contribution in [1.82, 2.24) is 19.7 Å². The number of urea groups is 1. The molecule has 0 aromatic carbocycles. The van der Waals surface area contributed by atoms with Gasteiger partial charge in [0, 0.05) is 37.3 Å². The van der Waals surface area contributed by atoms with E-state index in [1.165, 1.54) is 11.3 Å². The van der Waals surface area contributed by atoms with Crippen LogP contribution in [-0.2, 0) is 19.4 Å². The number of piperidine rings is 1. The molecule has 2 amide bonds. The van der Waals surface area contributed by atoms with Crippen molar-refractivity contribution in [2.24, 2.45) is 5.92 Å². The molecule has 2 aliphatic rings. The van der Waals surface area contributed by atoms with Crippen LogP contribution in [0.5, 0.6) is 0 Å². The van der Waals surface area contributed by atoms with Crippen LogP contribution in [0.4, 0.5) is 9.93 Å². The molecule has 3 heterocycles. The van der Waals surface area contributed by atoms with Crippen molar-refractivity contribution in [3.63, 3.8) is 0 Å². The number of nitrogens with one attached hydrogen (secondary N) is 1. The zero-order valence-electron chi connectivity index (χ0n) is 14.7. The predicted molar refractivity (Wildman–Crippen MR) is 101 cm³/mol. The highest BCUT2D eigenvalue weighted by molar-refractivity contribution is 7.13. The van der Waals surface area contributed by atoms with Gasteiger partial charge < -0.3 is 4.90 Å². The lowest BCUT2D eigenvalue weighted by Crippen LogP contribution is -2.42. The molecule has 1 N–H and O–H groups in total. The zero-order chi connectivity index (χ0) is 17.9. The van der Waals surface area contributed by atoms with Crippen molar-refractivity contribution in [3.05, 3.63) is 39.3 Å². The molecule has 2 aromatic rings. The summed E-state index contributed by atoms with van der Waals surface area (Å²) in [5, 5.41) is 9.91. The Morgan fingerprint density at radius 3 is 2.85 bits per heavy atom. The standard InChI is InChI=1S/C18H23N5O2S/c24-16-11-14-3-1-2-4-15(14)21-23(16)12-13-5-8-22(9-6-13)18(25)20-17-19-7-10-26-17/h7,10-11,13H,1-6,8-9,12H2,(H,19,20,25). The molecule has 0 spiro atoms. The second-order valence-electron chi connectivity index (χ2n) is 7.04. The first kappa shape index (κ1) is 17.2. The number of hydrogen-bond donors (Lipinski definition) is 1. The van der Waals surface area contributed by atoms with Crippen LogP contribution in [0, 0.1) is 5.92 Å². The average Bonchev–Trinajstić information content (AvgIpc) is 3.16. The summed E-state index contributed by atoms with van der Waals surface area (Å²) in [4.78, 5) is 30.5. The second kappa shape index (κ2) is 7.57. The lowest BCUT2D eigenvalue weighted by molar-refractivity contribution is 0.174. The topological polar surface area (TPSA) is 80.1 Å². The summed E-state index contributed by atoms with van der Waals surface area (Å²) < 4.78 is 1.64. The number of rotatable bonds is 3. The number of likely N-dealkylation sites (tertiary alicyclic amines) is 1. The van der Waals surface area contributed by atoms with Crippen molar-refractivity contribution in [1.29, 1.82) is 0 Å². The van der Waals surface area contributed by atoms with Crippen LogP contribution in [0.15, 0.2) is 22.4 Å². The molecule has 1 saturated heterocycles. The zero-order valence-corrected chi connectivity index (χ0v) is 15.5. The summed E-state index contributed by atoms with van der Waals surface area (Å²) in [6, 6.07) is 1.68. The number of fused-ring (bicyclic) bond motifs is 1. The summed E-state index contributed by atoms with van der Waals surface area (Å²) in [6.45, 7) is 2.04. The maximum Gasteiger partial charge on any atom is 0.323 e. The quantitative estimate of drug-likeness (QED) is 0.896. The highest BCUT2D eigenvalue weighted by Gasteiger charge is 2.24. The van der Waals surface area contributed by atoms with E-state index < -0.39 is 0 Å². The van der Waals surface area contributed by atoms with Gasteiger partial charge in [-0.05, 0) is 50.0 Å². The summed E-state index contributed by atoms with van der Waals surface area (Å²) in [5.41, 5.74) is 2.23. The molecule has 1 fully saturated rings. The maximum atomic E-state index is 12.3. The molecule has 0 bridgehead atoms. The second-order valence-corrected chi connectivity index (χ2v) is 7.94. The fraction of sp³-hybridized carbons (Fsp3) is 0.556. The molecule has 0 atom stereocenters. The molecule has 0 unspecified atom stereocenters. The van der Waals surface area contributed by atoms with Crippen molar-refractivity contribution in [3.8, 4) is 0 Å². The maximum absolute atomic E-state index is 12.3. The Labute approximate surface area is 156 Å². The minimum Gasteiger partial charge on any atom is -0.324 e. The van der Waals surface area contributed by atoms with Gasteiger partial charge in [-0.25, -0.2) is 14.5 Å². The van der Waals surface area contributed by atoms with Crippen LogP contribution >= 0.6 is 11.3 Å². The summed E-state index contributed by atoms with van der Waals surface area (Å²) in [7, 11) is 0. The van der Waals surface area contributed by atoms with E-state index in [0.717, 1.165) is 49.8 Å². The van der Waals surface area contributed by atoms with Crippen LogP contribution in [0.2, 0.25) is 0 Å². The van der Waals surface area contributed by atoms with E-state index >= 15 is 0 Å². The first-order valence-electron chi connectivity index (χ1n) is 9.24. The first-order valence-corrected chi connectivity index (χ1v) is 10.1. The van der Waals surface area contributed by atoms with Crippen LogP contribution in [0.25, 0.3) is 0 Å². The Morgan fingerprint density at radius 1 is 1.27 bits per heavy atom. The number of carbonyl (C=O) groups is 1. The van der Waals surface area contributed by atoms with E-state index in [1.54, 1.807) is 16.9 Å². The lowest BCUT2D eigenvalue weighted by Gasteiger charge is -2.31. The first-order chi connectivity index (χ1) is 12.7. The minimum atomic E-state index is -0.0949. The summed E-state index contributed by atoms with van der Waals surface area (Å²) in [6.07, 6.45) is 7.71. The van der Waals surface area contributed by atoms with Crippen LogP contribution < -0.4 is 10.9 Å². The van der Waals surface area contributed by atoms with Crippen molar-refractivity contribution < 1.29 is 4.79 Å². The molecule has 8 heteroatoms. The van der Waals surface area contributed by atoms with Gasteiger partial charge in [-0.1, -0.05) is 0 Å². The predicted octanol–water partition coefficient (Wildman–Crippen LogP) is 2.52. The molecule has 7 nitrogen and oxygen atoms in total. The molecule has 26 heavy (non-hydrogen) atoms. The minimum absolute atomic E-state index is 0.00888. The van der Waals surface area contributed by atoms with Gasteiger partial charge in [-0.15, -0.1) is 11.3 Å². The van der Waals surface area contributed by atoms with Crippen LogP contribution in [0.3, 0.4) is 0 Å². The van der Waals surface area contributed by atoms with Gasteiger partial charge in [0.15, 0.2) is 5.13 Å². The van der Waals surface area contributed by atoms with E-state index in [4.69, 9.17) is 0 Å². The molecule has 138 valence electrons. The van der Waals surface area contributed by atoms with E-state index in [9.17, 15) is 9.59 Å². The number of carbonyl (C=O) groups excluding carboxylic acids is 1. The van der Waals surface area contributed by atoms with Crippen LogP contribution in [-0.4, -0.2) is 38.8 Å². The monoisotopic (exact) mass is 373 g/mol. The number of nitrogens with zero attached hydrogens (tertiary/aromatic N) is 4. The number of amides is 2. The largest absolute Gasteiger partial charge is 0.324 e. The molecule has 0 saturated carbocycles. The van der Waals surface area contributed by atoms with Gasteiger partial charge in [0.05, 0.1) is 5.69 Å². The number of aryl methyl sites for hydroxylation is 2. The Bertz CT molecular complexity index is 825. The van der Waals surface area contributed by atoms with Crippen molar-refractivity contribution in [2.45, 2.75) is 45.1 Å². The van der Waals surface area contributed by atoms with E-state index in [0.29, 0.717) is 30.7 Å². The Balaban J connectivity index is 1.34. The highest BCUT2D eigenvalue weighted by Crippen LogP contribution is 2.21. The molecule has 1 aliphatic carbocycles. The summed E-state index contributed by atoms with van der Waals surface area (Å²) in [5.74, 6) is 0.380. The average molecular weight is 373 g/mol. The van der Waals surface area contributed by atoms with E-state index in [1.807, 2.05) is 10.3 Å². The number of thiazole rings is 1. The van der Waals surface area contributed by atoms with E-state index in [2.05, 4.69) is 15.4 Å². The fourth-order valence-electron chi connectivity index (χ4n) is 3.75. The molecule has 0 radical (unpaired) electrons. The van der Waals surface area contributed by atoms with Crippen LogP contribution in [0.1, 0.15) is 36.9 Å². The van der Waals surface area contributed by atoms with E-state index in [-0.39, 0.29) is 11.6 Å². The normalized spacial score (nSPS) is 17.8. The van der Waals surface area contributed by atoms with Gasteiger partial charge in [0.2, 0.25) is 0 Å². The Kier molecular flexibility index (Phi) is 5.01. The smallest absolute Gasteiger partial charge is 0.323 e.